The molecule has 20 heavy (non-hydrogen) atoms. The predicted molar refractivity (Wildman–Crippen MR) is 74.6 cm³/mol. The lowest BCUT2D eigenvalue weighted by molar-refractivity contribution is 0.0880. The molecular formula is C15H16F2N2O. The number of fused-ring (bicyclic) bond motifs is 1. The molecule has 0 radical (unpaired) electrons. The second kappa shape index (κ2) is 5.23. The lowest BCUT2D eigenvalue weighted by Crippen LogP contribution is -2.22. The molecule has 5 heteroatoms. The zero-order valence-electron chi connectivity index (χ0n) is 11.2. The highest BCUT2D eigenvalue weighted by Crippen LogP contribution is 2.28. The van der Waals surface area contributed by atoms with Gasteiger partial charge in [-0.05, 0) is 36.8 Å². The number of pyridine rings is 1. The molecule has 1 fully saturated rings. The van der Waals surface area contributed by atoms with Crippen molar-refractivity contribution in [1.82, 2.24) is 4.98 Å². The maximum absolute atomic E-state index is 12.7. The van der Waals surface area contributed by atoms with Crippen molar-refractivity contribution in [2.45, 2.75) is 12.8 Å². The summed E-state index contributed by atoms with van der Waals surface area (Å²) in [6.45, 7) is 1.02. The number of nitrogens with zero attached hydrogens (tertiary/aromatic N) is 2. The van der Waals surface area contributed by atoms with Crippen molar-refractivity contribution in [2.75, 3.05) is 25.1 Å². The first-order valence-electron chi connectivity index (χ1n) is 6.65. The van der Waals surface area contributed by atoms with Gasteiger partial charge in [-0.1, -0.05) is 0 Å². The number of anilines is 1. The van der Waals surface area contributed by atoms with E-state index in [-0.39, 0.29) is 0 Å². The lowest BCUT2D eigenvalue weighted by Gasteiger charge is -2.18. The quantitative estimate of drug-likeness (QED) is 0.861. The van der Waals surface area contributed by atoms with E-state index in [2.05, 4.69) is 4.98 Å². The van der Waals surface area contributed by atoms with Crippen LogP contribution in [0.25, 0.3) is 10.9 Å². The number of methoxy groups -OCH3 is 1. The summed E-state index contributed by atoms with van der Waals surface area (Å²) < 4.78 is 30.6. The maximum atomic E-state index is 12.7. The van der Waals surface area contributed by atoms with Crippen LogP contribution in [0, 0.1) is 5.92 Å². The Morgan fingerprint density at radius 2 is 2.15 bits per heavy atom. The summed E-state index contributed by atoms with van der Waals surface area (Å²) in [6.07, 6.45) is -1.72. The molecule has 0 amide bonds. The Bertz CT molecular complexity index is 618. The van der Waals surface area contributed by atoms with Crippen molar-refractivity contribution in [3.63, 3.8) is 0 Å². The summed E-state index contributed by atoms with van der Waals surface area (Å²) >= 11 is 0. The fourth-order valence-electron chi connectivity index (χ4n) is 2.60. The van der Waals surface area contributed by atoms with Crippen LogP contribution in [0.2, 0.25) is 0 Å². The smallest absolute Gasteiger partial charge is 0.243 e. The van der Waals surface area contributed by atoms with Gasteiger partial charge in [-0.2, -0.15) is 0 Å². The Balaban J connectivity index is 1.86. The number of benzene rings is 1. The monoisotopic (exact) mass is 278 g/mol. The van der Waals surface area contributed by atoms with Crippen molar-refractivity contribution in [2.24, 2.45) is 5.92 Å². The molecule has 0 bridgehead atoms. The van der Waals surface area contributed by atoms with Gasteiger partial charge in [0.2, 0.25) is 6.43 Å². The van der Waals surface area contributed by atoms with Crippen molar-refractivity contribution in [3.8, 4) is 5.75 Å². The van der Waals surface area contributed by atoms with Gasteiger partial charge in [0.1, 0.15) is 11.6 Å². The SMILES string of the molecule is COc1ccc2nc(N3CCC(C(F)F)C3)ccc2c1. The minimum absolute atomic E-state index is 0.381. The minimum Gasteiger partial charge on any atom is -0.497 e. The first-order chi connectivity index (χ1) is 9.67. The summed E-state index contributed by atoms with van der Waals surface area (Å²) in [5.41, 5.74) is 0.851. The maximum Gasteiger partial charge on any atom is 0.243 e. The fraction of sp³-hybridized carbons (Fsp3) is 0.400. The molecule has 1 aromatic heterocycles. The molecule has 0 N–H and O–H groups in total. The average Bonchev–Trinajstić information content (AvgIpc) is 2.96. The number of hydrogen-bond donors (Lipinski definition) is 0. The van der Waals surface area contributed by atoms with Crippen LogP contribution in [-0.4, -0.2) is 31.6 Å². The molecule has 3 rings (SSSR count). The third-order valence-electron chi connectivity index (χ3n) is 3.79. The van der Waals surface area contributed by atoms with E-state index in [0.29, 0.717) is 19.5 Å². The molecule has 2 aromatic rings. The topological polar surface area (TPSA) is 25.4 Å². The van der Waals surface area contributed by atoms with E-state index in [1.807, 2.05) is 35.2 Å². The number of rotatable bonds is 3. The van der Waals surface area contributed by atoms with Crippen LogP contribution in [0.4, 0.5) is 14.6 Å². The van der Waals surface area contributed by atoms with E-state index in [4.69, 9.17) is 4.74 Å². The number of ether oxygens (including phenoxy) is 1. The van der Waals surface area contributed by atoms with Crippen molar-refractivity contribution < 1.29 is 13.5 Å². The van der Waals surface area contributed by atoms with Crippen molar-refractivity contribution in [3.05, 3.63) is 30.3 Å². The highest BCUT2D eigenvalue weighted by atomic mass is 19.3. The third kappa shape index (κ3) is 2.40. The van der Waals surface area contributed by atoms with Crippen LogP contribution < -0.4 is 9.64 Å². The Labute approximate surface area is 116 Å². The van der Waals surface area contributed by atoms with Crippen LogP contribution in [0.3, 0.4) is 0 Å². The van der Waals surface area contributed by atoms with E-state index in [1.54, 1.807) is 7.11 Å². The summed E-state index contributed by atoms with van der Waals surface area (Å²) in [6, 6.07) is 9.49. The molecule has 1 aliphatic heterocycles. The first-order valence-corrected chi connectivity index (χ1v) is 6.65. The molecule has 2 heterocycles. The predicted octanol–water partition coefficient (Wildman–Crippen LogP) is 3.33. The molecule has 3 nitrogen and oxygen atoms in total. The van der Waals surface area contributed by atoms with Crippen LogP contribution in [0.15, 0.2) is 30.3 Å². The van der Waals surface area contributed by atoms with Gasteiger partial charge in [-0.15, -0.1) is 0 Å². The van der Waals surface area contributed by atoms with Crippen LogP contribution in [0.1, 0.15) is 6.42 Å². The largest absolute Gasteiger partial charge is 0.497 e. The number of aromatic nitrogens is 1. The molecule has 1 aromatic carbocycles. The zero-order chi connectivity index (χ0) is 14.1. The Hall–Kier alpha value is -1.91. The summed E-state index contributed by atoms with van der Waals surface area (Å²) in [5, 5.41) is 0.984. The highest BCUT2D eigenvalue weighted by molar-refractivity contribution is 5.81. The minimum atomic E-state index is -2.25. The van der Waals surface area contributed by atoms with Gasteiger partial charge in [0.05, 0.1) is 12.6 Å². The van der Waals surface area contributed by atoms with Crippen LogP contribution in [-0.2, 0) is 0 Å². The number of halogens is 2. The number of hydrogen-bond acceptors (Lipinski definition) is 3. The van der Waals surface area contributed by atoms with E-state index >= 15 is 0 Å². The zero-order valence-corrected chi connectivity index (χ0v) is 11.2. The highest BCUT2D eigenvalue weighted by Gasteiger charge is 2.30. The van der Waals surface area contributed by atoms with Gasteiger partial charge in [0.15, 0.2) is 0 Å². The molecule has 0 aliphatic carbocycles. The molecular weight excluding hydrogens is 262 g/mol. The molecule has 0 spiro atoms. The molecule has 1 aliphatic rings. The normalized spacial score (nSPS) is 19.0. The average molecular weight is 278 g/mol. The summed E-state index contributed by atoms with van der Waals surface area (Å²) in [5.74, 6) is 1.01. The Morgan fingerprint density at radius 1 is 1.30 bits per heavy atom. The number of alkyl halides is 2. The van der Waals surface area contributed by atoms with Gasteiger partial charge in [-0.25, -0.2) is 13.8 Å². The van der Waals surface area contributed by atoms with E-state index in [0.717, 1.165) is 22.5 Å². The summed E-state index contributed by atoms with van der Waals surface area (Å²) in [4.78, 5) is 6.48. The molecule has 1 saturated heterocycles. The lowest BCUT2D eigenvalue weighted by atomic mass is 10.1. The van der Waals surface area contributed by atoms with Gasteiger partial charge in [-0.3, -0.25) is 0 Å². The second-order valence-electron chi connectivity index (χ2n) is 5.06. The summed E-state index contributed by atoms with van der Waals surface area (Å²) in [7, 11) is 1.62. The second-order valence-corrected chi connectivity index (χ2v) is 5.06. The van der Waals surface area contributed by atoms with Crippen LogP contribution in [0.5, 0.6) is 5.75 Å². The van der Waals surface area contributed by atoms with E-state index < -0.39 is 12.3 Å². The Kier molecular flexibility index (Phi) is 3.42. The molecule has 0 saturated carbocycles. The van der Waals surface area contributed by atoms with Crippen molar-refractivity contribution in [1.29, 1.82) is 0 Å². The first kappa shape index (κ1) is 13.1. The fourth-order valence-corrected chi connectivity index (χ4v) is 2.60. The van der Waals surface area contributed by atoms with Crippen molar-refractivity contribution >= 4 is 16.7 Å². The molecule has 1 atom stereocenters. The van der Waals surface area contributed by atoms with Gasteiger partial charge in [0, 0.05) is 24.4 Å². The van der Waals surface area contributed by atoms with E-state index in [9.17, 15) is 8.78 Å². The third-order valence-corrected chi connectivity index (χ3v) is 3.79. The van der Waals surface area contributed by atoms with Gasteiger partial charge >= 0.3 is 0 Å². The van der Waals surface area contributed by atoms with Crippen LogP contribution >= 0.6 is 0 Å². The Morgan fingerprint density at radius 3 is 2.85 bits per heavy atom. The van der Waals surface area contributed by atoms with Gasteiger partial charge in [0.25, 0.3) is 0 Å². The standard InChI is InChI=1S/C15H16F2N2O/c1-20-12-3-4-13-10(8-12)2-5-14(18-13)19-7-6-11(9-19)15(16)17/h2-5,8,11,15H,6-7,9H2,1H3. The molecule has 106 valence electrons. The van der Waals surface area contributed by atoms with E-state index in [1.165, 1.54) is 0 Å². The van der Waals surface area contributed by atoms with Gasteiger partial charge < -0.3 is 9.64 Å². The molecule has 1 unspecified atom stereocenters.